The standard InChI is InChI=1S/C18H27N5O2/c1-12(2)15-19-20-17(25-15)14-9-18(14)5-7-23(8-6-18)11-13-10-22(3)21-16(13)24-4/h10,12,14H,5-9,11H2,1-4H3. The van der Waals surface area contributed by atoms with E-state index in [-0.39, 0.29) is 0 Å². The predicted octanol–water partition coefficient (Wildman–Crippen LogP) is 2.70. The SMILES string of the molecule is COc1nn(C)cc1CN1CCC2(CC1)CC2c1nnc(C(C)C)o1. The molecule has 2 aromatic heterocycles. The smallest absolute Gasteiger partial charge is 0.237 e. The summed E-state index contributed by atoms with van der Waals surface area (Å²) in [5.41, 5.74) is 1.54. The van der Waals surface area contributed by atoms with E-state index in [0.717, 1.165) is 42.9 Å². The Morgan fingerprint density at radius 2 is 2.08 bits per heavy atom. The number of aromatic nitrogens is 4. The summed E-state index contributed by atoms with van der Waals surface area (Å²) in [5.74, 6) is 3.11. The molecule has 136 valence electrons. The van der Waals surface area contributed by atoms with Gasteiger partial charge in [0.25, 0.3) is 0 Å². The lowest BCUT2D eigenvalue weighted by Gasteiger charge is -2.32. The zero-order chi connectivity index (χ0) is 17.6. The summed E-state index contributed by atoms with van der Waals surface area (Å²) < 4.78 is 13.1. The molecule has 1 aliphatic heterocycles. The minimum Gasteiger partial charge on any atom is -0.480 e. The molecule has 1 spiro atoms. The molecule has 4 rings (SSSR count). The highest BCUT2D eigenvalue weighted by atomic mass is 16.5. The first-order valence-electron chi connectivity index (χ1n) is 9.13. The molecule has 0 aromatic carbocycles. The summed E-state index contributed by atoms with van der Waals surface area (Å²) >= 11 is 0. The van der Waals surface area contributed by atoms with Crippen LogP contribution in [0.1, 0.15) is 62.3 Å². The molecule has 25 heavy (non-hydrogen) atoms. The van der Waals surface area contributed by atoms with E-state index in [9.17, 15) is 0 Å². The summed E-state index contributed by atoms with van der Waals surface area (Å²) in [4.78, 5) is 2.49. The van der Waals surface area contributed by atoms with Gasteiger partial charge in [0, 0.05) is 37.2 Å². The molecule has 0 N–H and O–H groups in total. The van der Waals surface area contributed by atoms with Crippen LogP contribution in [0.15, 0.2) is 10.6 Å². The lowest BCUT2D eigenvalue weighted by atomic mass is 9.90. The van der Waals surface area contributed by atoms with Gasteiger partial charge in [-0.15, -0.1) is 15.3 Å². The van der Waals surface area contributed by atoms with Gasteiger partial charge in [-0.1, -0.05) is 13.8 Å². The number of aryl methyl sites for hydroxylation is 1. The number of ether oxygens (including phenoxy) is 1. The Labute approximate surface area is 148 Å². The van der Waals surface area contributed by atoms with Crippen LogP contribution in [0, 0.1) is 5.41 Å². The second-order valence-electron chi connectivity index (χ2n) is 7.87. The Morgan fingerprint density at radius 1 is 1.32 bits per heavy atom. The van der Waals surface area contributed by atoms with Gasteiger partial charge in [0.15, 0.2) is 0 Å². The van der Waals surface area contributed by atoms with Crippen molar-refractivity contribution in [2.24, 2.45) is 12.5 Å². The maximum atomic E-state index is 5.89. The first kappa shape index (κ1) is 16.6. The van der Waals surface area contributed by atoms with Crippen LogP contribution in [0.5, 0.6) is 5.88 Å². The van der Waals surface area contributed by atoms with Crippen LogP contribution in [0.2, 0.25) is 0 Å². The van der Waals surface area contributed by atoms with Gasteiger partial charge in [-0.25, -0.2) is 0 Å². The van der Waals surface area contributed by atoms with Crippen molar-refractivity contribution in [1.29, 1.82) is 0 Å². The van der Waals surface area contributed by atoms with Crippen LogP contribution in [-0.4, -0.2) is 45.1 Å². The second-order valence-corrected chi connectivity index (χ2v) is 7.87. The fourth-order valence-electron chi connectivity index (χ4n) is 4.06. The quantitative estimate of drug-likeness (QED) is 0.830. The lowest BCUT2D eigenvalue weighted by Crippen LogP contribution is -2.34. The van der Waals surface area contributed by atoms with Gasteiger partial charge in [-0.2, -0.15) is 0 Å². The zero-order valence-electron chi connectivity index (χ0n) is 15.5. The number of rotatable bonds is 5. The van der Waals surface area contributed by atoms with Crippen molar-refractivity contribution < 1.29 is 9.15 Å². The Morgan fingerprint density at radius 3 is 2.72 bits per heavy atom. The topological polar surface area (TPSA) is 69.2 Å². The van der Waals surface area contributed by atoms with Gasteiger partial charge >= 0.3 is 0 Å². The van der Waals surface area contributed by atoms with E-state index in [1.54, 1.807) is 7.11 Å². The van der Waals surface area contributed by atoms with Gasteiger partial charge < -0.3 is 9.15 Å². The van der Waals surface area contributed by atoms with E-state index in [0.29, 0.717) is 17.3 Å². The van der Waals surface area contributed by atoms with Gasteiger partial charge in [-0.05, 0) is 37.8 Å². The van der Waals surface area contributed by atoms with Crippen molar-refractivity contribution in [3.8, 4) is 5.88 Å². The zero-order valence-corrected chi connectivity index (χ0v) is 15.5. The molecule has 0 radical (unpaired) electrons. The number of piperidine rings is 1. The van der Waals surface area contributed by atoms with E-state index in [1.807, 2.05) is 11.7 Å². The van der Waals surface area contributed by atoms with E-state index >= 15 is 0 Å². The van der Waals surface area contributed by atoms with Gasteiger partial charge in [-0.3, -0.25) is 9.58 Å². The molecule has 1 saturated heterocycles. The van der Waals surface area contributed by atoms with Crippen LogP contribution in [0.4, 0.5) is 0 Å². The molecule has 2 aromatic rings. The Bertz CT molecular complexity index is 742. The maximum absolute atomic E-state index is 5.89. The normalized spacial score (nSPS) is 22.7. The Hall–Kier alpha value is -1.89. The van der Waals surface area contributed by atoms with Gasteiger partial charge in [0.2, 0.25) is 17.7 Å². The first-order valence-corrected chi connectivity index (χ1v) is 9.13. The molecule has 3 heterocycles. The average molecular weight is 345 g/mol. The molecule has 2 fully saturated rings. The average Bonchev–Trinajstić information content (AvgIpc) is 2.96. The molecule has 1 saturated carbocycles. The predicted molar refractivity (Wildman–Crippen MR) is 92.4 cm³/mol. The Kier molecular flexibility index (Phi) is 4.06. The van der Waals surface area contributed by atoms with Crippen LogP contribution in [0.3, 0.4) is 0 Å². The largest absolute Gasteiger partial charge is 0.480 e. The molecule has 1 aliphatic carbocycles. The molecule has 7 heteroatoms. The van der Waals surface area contributed by atoms with Gasteiger partial charge in [0.05, 0.1) is 7.11 Å². The molecular weight excluding hydrogens is 318 g/mol. The summed E-state index contributed by atoms with van der Waals surface area (Å²) in [6.07, 6.45) is 5.63. The van der Waals surface area contributed by atoms with E-state index in [1.165, 1.54) is 19.3 Å². The third-order valence-electron chi connectivity index (χ3n) is 5.74. The second kappa shape index (κ2) is 6.12. The third kappa shape index (κ3) is 3.05. The molecule has 0 amide bonds. The highest BCUT2D eigenvalue weighted by Crippen LogP contribution is 2.64. The van der Waals surface area contributed by atoms with Crippen molar-refractivity contribution >= 4 is 0 Å². The number of nitrogens with zero attached hydrogens (tertiary/aromatic N) is 5. The third-order valence-corrected chi connectivity index (χ3v) is 5.74. The van der Waals surface area contributed by atoms with Crippen molar-refractivity contribution in [1.82, 2.24) is 24.9 Å². The van der Waals surface area contributed by atoms with Crippen LogP contribution in [-0.2, 0) is 13.6 Å². The van der Waals surface area contributed by atoms with Crippen molar-refractivity contribution in [3.63, 3.8) is 0 Å². The molecule has 2 aliphatic rings. The molecule has 7 nitrogen and oxygen atoms in total. The highest BCUT2D eigenvalue weighted by Gasteiger charge is 2.58. The molecular formula is C18H27N5O2. The number of hydrogen-bond donors (Lipinski definition) is 0. The van der Waals surface area contributed by atoms with Gasteiger partial charge in [0.1, 0.15) is 0 Å². The van der Waals surface area contributed by atoms with E-state index in [4.69, 9.17) is 9.15 Å². The minimum absolute atomic E-state index is 0.298. The fourth-order valence-corrected chi connectivity index (χ4v) is 4.06. The van der Waals surface area contributed by atoms with E-state index < -0.39 is 0 Å². The van der Waals surface area contributed by atoms with Crippen LogP contribution in [0.25, 0.3) is 0 Å². The van der Waals surface area contributed by atoms with Crippen molar-refractivity contribution in [3.05, 3.63) is 23.5 Å². The molecule has 1 unspecified atom stereocenters. The Balaban J connectivity index is 1.35. The number of likely N-dealkylation sites (tertiary alicyclic amines) is 1. The lowest BCUT2D eigenvalue weighted by molar-refractivity contribution is 0.158. The summed E-state index contributed by atoms with van der Waals surface area (Å²) in [6.45, 7) is 7.27. The first-order chi connectivity index (χ1) is 12.0. The fraction of sp³-hybridized carbons (Fsp3) is 0.722. The summed E-state index contributed by atoms with van der Waals surface area (Å²) in [6, 6.07) is 0. The number of methoxy groups -OCH3 is 1. The van der Waals surface area contributed by atoms with E-state index in [2.05, 4.69) is 40.2 Å². The van der Waals surface area contributed by atoms with Crippen molar-refractivity contribution in [2.75, 3.05) is 20.2 Å². The highest BCUT2D eigenvalue weighted by molar-refractivity contribution is 5.23. The van der Waals surface area contributed by atoms with Crippen LogP contribution >= 0.6 is 0 Å². The maximum Gasteiger partial charge on any atom is 0.237 e. The van der Waals surface area contributed by atoms with Crippen molar-refractivity contribution in [2.45, 2.75) is 51.5 Å². The number of hydrogen-bond acceptors (Lipinski definition) is 6. The molecule has 1 atom stereocenters. The minimum atomic E-state index is 0.298. The summed E-state index contributed by atoms with van der Waals surface area (Å²) in [5, 5.41) is 12.8. The summed E-state index contributed by atoms with van der Waals surface area (Å²) in [7, 11) is 3.61. The monoisotopic (exact) mass is 345 g/mol. The van der Waals surface area contributed by atoms with Crippen LogP contribution < -0.4 is 4.74 Å². The molecule has 0 bridgehead atoms.